The number of hydrazine groups is 1. The summed E-state index contributed by atoms with van der Waals surface area (Å²) in [5, 5.41) is 1.13. The molecule has 0 saturated heterocycles. The molecule has 0 amide bonds. The quantitative estimate of drug-likeness (QED) is 0.0781. The Bertz CT molecular complexity index is 1280. The van der Waals surface area contributed by atoms with E-state index in [1.54, 1.807) is 0 Å². The third-order valence-corrected chi connectivity index (χ3v) is 5.12. The van der Waals surface area contributed by atoms with Crippen LogP contribution in [0.4, 0.5) is 28.9 Å². The van der Waals surface area contributed by atoms with E-state index >= 15 is 17.6 Å². The van der Waals surface area contributed by atoms with Gasteiger partial charge in [-0.05, 0) is 36.2 Å². The topological polar surface area (TPSA) is 111 Å². The lowest BCUT2D eigenvalue weighted by atomic mass is 9.94. The van der Waals surface area contributed by atoms with Crippen molar-refractivity contribution >= 4 is 23.0 Å². The predicted octanol–water partition coefficient (Wildman–Crippen LogP) is 4.01. The van der Waals surface area contributed by atoms with Crippen molar-refractivity contribution in [2.24, 2.45) is 16.6 Å². The van der Waals surface area contributed by atoms with Gasteiger partial charge in [0.15, 0.2) is 29.1 Å². The summed E-state index contributed by atoms with van der Waals surface area (Å²) in [7, 11) is 2.84. The van der Waals surface area contributed by atoms with E-state index in [1.807, 2.05) is 0 Å². The van der Waals surface area contributed by atoms with E-state index in [9.17, 15) is 4.79 Å². The van der Waals surface area contributed by atoms with Crippen LogP contribution >= 0.6 is 0 Å². The normalized spacial score (nSPS) is 11.6. The van der Waals surface area contributed by atoms with Crippen LogP contribution in [0.2, 0.25) is 0 Å². The third-order valence-electron chi connectivity index (χ3n) is 5.12. The number of benzene rings is 3. The molecule has 3 aromatic carbocycles. The standard InChI is InChI=1S/C23H21F4N5O/c1-10(33)11-5-4-6-12(7-11)16-18(24)20(26)17(21(27)19(16)25)13-8-14(23(29)31-2)22(32(3)30)15(28)9-13/h4-9H,28,30H2,1-3H3,(H2,29,31). The van der Waals surface area contributed by atoms with Crippen LogP contribution in [-0.2, 0) is 0 Å². The van der Waals surface area contributed by atoms with Crippen LogP contribution in [0.1, 0.15) is 22.8 Å². The number of nitrogens with zero attached hydrogens (tertiary/aromatic N) is 2. The number of amidine groups is 1. The van der Waals surface area contributed by atoms with Crippen molar-refractivity contribution in [1.29, 1.82) is 0 Å². The highest BCUT2D eigenvalue weighted by Crippen LogP contribution is 2.39. The minimum Gasteiger partial charge on any atom is -0.397 e. The van der Waals surface area contributed by atoms with E-state index in [0.29, 0.717) is 0 Å². The van der Waals surface area contributed by atoms with Crippen LogP contribution in [0.5, 0.6) is 0 Å². The zero-order valence-corrected chi connectivity index (χ0v) is 18.0. The second kappa shape index (κ2) is 8.91. The van der Waals surface area contributed by atoms with Gasteiger partial charge < -0.3 is 16.5 Å². The lowest BCUT2D eigenvalue weighted by molar-refractivity contribution is 0.101. The van der Waals surface area contributed by atoms with Crippen molar-refractivity contribution in [2.45, 2.75) is 6.92 Å². The maximum atomic E-state index is 15.2. The van der Waals surface area contributed by atoms with Crippen LogP contribution in [0.3, 0.4) is 0 Å². The van der Waals surface area contributed by atoms with Gasteiger partial charge in [-0.2, -0.15) is 0 Å². The maximum Gasteiger partial charge on any atom is 0.170 e. The molecule has 0 unspecified atom stereocenters. The van der Waals surface area contributed by atoms with Crippen molar-refractivity contribution in [3.05, 3.63) is 70.8 Å². The van der Waals surface area contributed by atoms with Gasteiger partial charge in [0.1, 0.15) is 5.84 Å². The van der Waals surface area contributed by atoms with Crippen LogP contribution in [-0.4, -0.2) is 25.7 Å². The lowest BCUT2D eigenvalue weighted by Gasteiger charge is -2.21. The summed E-state index contributed by atoms with van der Waals surface area (Å²) in [5.74, 6) is -1.18. The number of nitrogens with two attached hydrogens (primary N) is 3. The number of carbonyl (C=O) groups is 1. The molecule has 33 heavy (non-hydrogen) atoms. The minimum absolute atomic E-state index is 0.0445. The number of hydrogen-bond acceptors (Lipinski definition) is 5. The van der Waals surface area contributed by atoms with Crippen molar-refractivity contribution < 1.29 is 22.4 Å². The minimum atomic E-state index is -1.64. The van der Waals surface area contributed by atoms with E-state index in [2.05, 4.69) is 4.99 Å². The Kier molecular flexibility index (Phi) is 6.41. The molecule has 0 aliphatic rings. The highest BCUT2D eigenvalue weighted by molar-refractivity contribution is 6.06. The second-order valence-electron chi connectivity index (χ2n) is 7.32. The fourth-order valence-electron chi connectivity index (χ4n) is 3.54. The van der Waals surface area contributed by atoms with Gasteiger partial charge in [-0.1, -0.05) is 18.2 Å². The summed E-state index contributed by atoms with van der Waals surface area (Å²) < 4.78 is 60.4. The van der Waals surface area contributed by atoms with Gasteiger partial charge in [-0.3, -0.25) is 9.79 Å². The molecule has 3 rings (SSSR count). The van der Waals surface area contributed by atoms with Gasteiger partial charge in [0.2, 0.25) is 0 Å². The molecule has 3 aromatic rings. The number of hydrogen-bond donors (Lipinski definition) is 3. The summed E-state index contributed by atoms with van der Waals surface area (Å²) in [6.07, 6.45) is 0. The predicted molar refractivity (Wildman–Crippen MR) is 121 cm³/mol. The zero-order chi connectivity index (χ0) is 24.6. The van der Waals surface area contributed by atoms with Gasteiger partial charge >= 0.3 is 0 Å². The summed E-state index contributed by atoms with van der Waals surface area (Å²) in [5.41, 5.74) is 9.92. The SMILES string of the molecule is CN=C(N)c1cc(-c2c(F)c(F)c(-c3cccc(C(C)=O)c3)c(F)c2F)cc(N)c1N(C)N. The Hall–Kier alpha value is -3.92. The Labute approximate surface area is 187 Å². The smallest absolute Gasteiger partial charge is 0.170 e. The monoisotopic (exact) mass is 459 g/mol. The van der Waals surface area contributed by atoms with Crippen LogP contribution in [0, 0.1) is 23.3 Å². The average molecular weight is 459 g/mol. The van der Waals surface area contributed by atoms with Crippen LogP contribution in [0.25, 0.3) is 22.3 Å². The van der Waals surface area contributed by atoms with Crippen molar-refractivity contribution in [1.82, 2.24) is 0 Å². The molecule has 0 aromatic heterocycles. The number of aliphatic imine (C=N–C) groups is 1. The van der Waals surface area contributed by atoms with Gasteiger partial charge in [0, 0.05) is 25.2 Å². The Morgan fingerprint density at radius 3 is 1.97 bits per heavy atom. The van der Waals surface area contributed by atoms with Crippen LogP contribution < -0.4 is 22.3 Å². The zero-order valence-electron chi connectivity index (χ0n) is 18.0. The van der Waals surface area contributed by atoms with Gasteiger partial charge in [0.25, 0.3) is 0 Å². The van der Waals surface area contributed by atoms with E-state index in [4.69, 9.17) is 17.3 Å². The molecule has 10 heteroatoms. The molecule has 0 atom stereocenters. The first-order valence-corrected chi connectivity index (χ1v) is 9.61. The number of Topliss-reactive ketones (excluding diaryl/α,β-unsaturated/α-hetero) is 1. The second-order valence-corrected chi connectivity index (χ2v) is 7.32. The molecule has 172 valence electrons. The molecule has 0 heterocycles. The Morgan fingerprint density at radius 1 is 0.939 bits per heavy atom. The first kappa shape index (κ1) is 23.7. The lowest BCUT2D eigenvalue weighted by Crippen LogP contribution is -2.29. The van der Waals surface area contributed by atoms with Gasteiger partial charge in [-0.25, -0.2) is 23.4 Å². The molecule has 6 N–H and O–H groups in total. The fraction of sp³-hybridized carbons (Fsp3) is 0.130. The fourth-order valence-corrected chi connectivity index (χ4v) is 3.54. The molecule has 6 nitrogen and oxygen atoms in total. The molecule has 0 bridgehead atoms. The molecular formula is C23H21F4N5O. The van der Waals surface area contributed by atoms with Crippen LogP contribution in [0.15, 0.2) is 41.4 Å². The Balaban J connectivity index is 2.33. The van der Waals surface area contributed by atoms with Gasteiger partial charge in [-0.15, -0.1) is 0 Å². The highest BCUT2D eigenvalue weighted by atomic mass is 19.2. The van der Waals surface area contributed by atoms with E-state index in [0.717, 1.165) is 17.1 Å². The third kappa shape index (κ3) is 4.12. The maximum absolute atomic E-state index is 15.2. The summed E-state index contributed by atoms with van der Waals surface area (Å²) in [6, 6.07) is 7.49. The Morgan fingerprint density at radius 2 is 1.48 bits per heavy atom. The van der Waals surface area contributed by atoms with E-state index in [-0.39, 0.29) is 45.2 Å². The summed E-state index contributed by atoms with van der Waals surface area (Å²) in [6.45, 7) is 1.26. The van der Waals surface area contributed by atoms with Crippen molar-refractivity contribution in [3.8, 4) is 22.3 Å². The van der Waals surface area contributed by atoms with E-state index < -0.39 is 34.4 Å². The number of nitrogen functional groups attached to an aromatic ring is 1. The number of carbonyl (C=O) groups excluding carboxylic acids is 1. The molecule has 0 aliphatic heterocycles. The van der Waals surface area contributed by atoms with E-state index in [1.165, 1.54) is 45.3 Å². The van der Waals surface area contributed by atoms with Crippen molar-refractivity contribution in [2.75, 3.05) is 24.8 Å². The molecule has 0 radical (unpaired) electrons. The molecule has 0 spiro atoms. The number of anilines is 2. The molecule has 0 aliphatic carbocycles. The molecule has 0 saturated carbocycles. The summed E-state index contributed by atoms with van der Waals surface area (Å²) >= 11 is 0. The van der Waals surface area contributed by atoms with Gasteiger partial charge in [0.05, 0.1) is 22.5 Å². The van der Waals surface area contributed by atoms with Crippen molar-refractivity contribution in [3.63, 3.8) is 0 Å². The first-order valence-electron chi connectivity index (χ1n) is 9.61. The highest BCUT2D eigenvalue weighted by Gasteiger charge is 2.28. The molecule has 0 fully saturated rings. The summed E-state index contributed by atoms with van der Waals surface area (Å²) in [4.78, 5) is 15.4. The molecular weight excluding hydrogens is 438 g/mol. The largest absolute Gasteiger partial charge is 0.397 e. The first-order chi connectivity index (χ1) is 15.5. The number of halogens is 4. The number of rotatable bonds is 5. The number of ketones is 1. The average Bonchev–Trinajstić information content (AvgIpc) is 2.77.